The van der Waals surface area contributed by atoms with E-state index >= 15 is 0 Å². The lowest BCUT2D eigenvalue weighted by molar-refractivity contribution is 0.354. The third-order valence-electron chi connectivity index (χ3n) is 4.59. The Kier molecular flexibility index (Phi) is 6.61. The highest BCUT2D eigenvalue weighted by molar-refractivity contribution is 14.1. The number of rotatable bonds is 7. The molecule has 3 rings (SSSR count). The number of hydrogen-bond acceptors (Lipinski definition) is 4. The monoisotopic (exact) mass is 489 g/mol. The zero-order valence-corrected chi connectivity index (χ0v) is 18.6. The van der Waals surface area contributed by atoms with Crippen molar-refractivity contribution in [3.8, 4) is 17.2 Å². The van der Waals surface area contributed by atoms with Gasteiger partial charge in [-0.3, -0.25) is 0 Å². The summed E-state index contributed by atoms with van der Waals surface area (Å²) in [7, 11) is 3.27. The molecular formula is C22H24IN3O2. The van der Waals surface area contributed by atoms with Gasteiger partial charge in [0.15, 0.2) is 11.5 Å². The average Bonchev–Trinajstić information content (AvgIpc) is 2.98. The molecule has 3 aromatic rings. The fraction of sp³-hybridized carbons (Fsp3) is 0.227. The van der Waals surface area contributed by atoms with Crippen LogP contribution in [0.5, 0.6) is 11.5 Å². The molecule has 146 valence electrons. The fourth-order valence-electron chi connectivity index (χ4n) is 3.16. The van der Waals surface area contributed by atoms with Crippen LogP contribution in [0, 0.1) is 17.4 Å². The number of benzene rings is 2. The van der Waals surface area contributed by atoms with Crippen molar-refractivity contribution in [1.29, 1.82) is 0 Å². The summed E-state index contributed by atoms with van der Waals surface area (Å²) in [6.07, 6.45) is 1.87. The van der Waals surface area contributed by atoms with Crippen molar-refractivity contribution in [2.45, 2.75) is 20.4 Å². The van der Waals surface area contributed by atoms with Crippen LogP contribution in [0.3, 0.4) is 0 Å². The summed E-state index contributed by atoms with van der Waals surface area (Å²) >= 11 is 2.37. The smallest absolute Gasteiger partial charge is 0.161 e. The van der Waals surface area contributed by atoms with Crippen LogP contribution in [-0.2, 0) is 6.54 Å². The van der Waals surface area contributed by atoms with Gasteiger partial charge >= 0.3 is 0 Å². The Morgan fingerprint density at radius 3 is 2.50 bits per heavy atom. The maximum atomic E-state index is 5.34. The third kappa shape index (κ3) is 4.32. The molecule has 0 amide bonds. The topological polar surface area (TPSA) is 47.8 Å². The second kappa shape index (κ2) is 9.14. The van der Waals surface area contributed by atoms with Gasteiger partial charge in [-0.05, 0) is 72.3 Å². The molecule has 0 bridgehead atoms. The zero-order valence-electron chi connectivity index (χ0n) is 16.5. The van der Waals surface area contributed by atoms with Crippen molar-refractivity contribution in [2.75, 3.05) is 14.2 Å². The molecule has 6 heteroatoms. The molecule has 1 aromatic heterocycles. The van der Waals surface area contributed by atoms with E-state index in [0.717, 1.165) is 16.9 Å². The lowest BCUT2D eigenvalue weighted by Gasteiger charge is -2.11. The van der Waals surface area contributed by atoms with Gasteiger partial charge in [-0.25, -0.2) is 0 Å². The number of nitrogens with zero attached hydrogens (tertiary/aromatic N) is 2. The van der Waals surface area contributed by atoms with Gasteiger partial charge in [0.2, 0.25) is 0 Å². The lowest BCUT2D eigenvalue weighted by atomic mass is 10.2. The molecule has 2 aromatic carbocycles. The van der Waals surface area contributed by atoms with Crippen molar-refractivity contribution >= 4 is 28.8 Å². The molecule has 0 saturated heterocycles. The normalized spacial score (nSPS) is 11.0. The molecule has 0 spiro atoms. The number of aromatic nitrogens is 1. The molecule has 28 heavy (non-hydrogen) atoms. The predicted molar refractivity (Wildman–Crippen MR) is 122 cm³/mol. The highest BCUT2D eigenvalue weighted by Gasteiger charge is 2.11. The minimum absolute atomic E-state index is 0.603. The van der Waals surface area contributed by atoms with E-state index in [1.165, 1.54) is 20.6 Å². The van der Waals surface area contributed by atoms with Crippen molar-refractivity contribution < 1.29 is 9.47 Å². The standard InChI is InChI=1S/C22H24IN3O2/c1-15-11-18(16(2)26(15)20-8-6-5-7-19(20)23)14-25-24-13-17-9-10-21(27-3)22(12-17)28-4/h5-12,14,24H,13H2,1-4H3/b25-14+. The van der Waals surface area contributed by atoms with Gasteiger partial charge in [0.25, 0.3) is 0 Å². The van der Waals surface area contributed by atoms with E-state index < -0.39 is 0 Å². The fourth-order valence-corrected chi connectivity index (χ4v) is 3.79. The van der Waals surface area contributed by atoms with Crippen molar-refractivity contribution in [2.24, 2.45) is 5.10 Å². The quantitative estimate of drug-likeness (QED) is 0.294. The molecule has 1 heterocycles. The molecule has 0 aliphatic heterocycles. The molecule has 1 N–H and O–H groups in total. The summed E-state index contributed by atoms with van der Waals surface area (Å²) in [6, 6.07) is 16.4. The van der Waals surface area contributed by atoms with Crippen LogP contribution in [0.15, 0.2) is 53.6 Å². The summed E-state index contributed by atoms with van der Waals surface area (Å²) in [6.45, 7) is 4.84. The molecule has 0 unspecified atom stereocenters. The van der Waals surface area contributed by atoms with Gasteiger partial charge in [0.1, 0.15) is 0 Å². The Labute approximate surface area is 179 Å². The molecule has 0 saturated carbocycles. The minimum atomic E-state index is 0.603. The first-order chi connectivity index (χ1) is 13.5. The number of para-hydroxylation sites is 1. The first kappa shape index (κ1) is 20.3. The number of ether oxygens (including phenoxy) is 2. The van der Waals surface area contributed by atoms with Gasteiger partial charge in [-0.2, -0.15) is 5.10 Å². The molecule has 0 atom stereocenters. The van der Waals surface area contributed by atoms with Crippen LogP contribution < -0.4 is 14.9 Å². The van der Waals surface area contributed by atoms with Crippen LogP contribution in [0.25, 0.3) is 5.69 Å². The number of aryl methyl sites for hydroxylation is 1. The Bertz CT molecular complexity index is 995. The maximum absolute atomic E-state index is 5.34. The first-order valence-corrected chi connectivity index (χ1v) is 10.0. The number of nitrogens with one attached hydrogen (secondary N) is 1. The van der Waals surface area contributed by atoms with Gasteiger partial charge in [-0.1, -0.05) is 18.2 Å². The van der Waals surface area contributed by atoms with Gasteiger partial charge in [-0.15, -0.1) is 0 Å². The van der Waals surface area contributed by atoms with E-state index in [4.69, 9.17) is 9.47 Å². The van der Waals surface area contributed by atoms with Gasteiger partial charge in [0, 0.05) is 20.5 Å². The van der Waals surface area contributed by atoms with Gasteiger partial charge in [0.05, 0.1) is 32.7 Å². The van der Waals surface area contributed by atoms with Crippen LogP contribution in [0.1, 0.15) is 22.5 Å². The summed E-state index contributed by atoms with van der Waals surface area (Å²) < 4.78 is 14.1. The van der Waals surface area contributed by atoms with Crippen molar-refractivity contribution in [3.63, 3.8) is 0 Å². The van der Waals surface area contributed by atoms with Gasteiger partial charge < -0.3 is 19.5 Å². The summed E-state index contributed by atoms with van der Waals surface area (Å²) in [5, 5.41) is 4.40. The average molecular weight is 489 g/mol. The molecule has 0 aliphatic rings. The van der Waals surface area contributed by atoms with Crippen LogP contribution in [0.4, 0.5) is 0 Å². The molecular weight excluding hydrogens is 465 g/mol. The van der Waals surface area contributed by atoms with E-state index in [1.54, 1.807) is 14.2 Å². The highest BCUT2D eigenvalue weighted by atomic mass is 127. The van der Waals surface area contributed by atoms with Crippen LogP contribution in [-0.4, -0.2) is 25.0 Å². The number of hydrazone groups is 1. The van der Waals surface area contributed by atoms with E-state index in [0.29, 0.717) is 12.3 Å². The van der Waals surface area contributed by atoms with Crippen molar-refractivity contribution in [3.05, 3.63) is 74.6 Å². The number of hydrogen-bond donors (Lipinski definition) is 1. The molecule has 0 fully saturated rings. The Morgan fingerprint density at radius 2 is 1.79 bits per heavy atom. The Balaban J connectivity index is 1.72. The summed E-state index contributed by atoms with van der Waals surface area (Å²) in [5.74, 6) is 1.43. The highest BCUT2D eigenvalue weighted by Crippen LogP contribution is 2.27. The summed E-state index contributed by atoms with van der Waals surface area (Å²) in [5.41, 5.74) is 8.81. The first-order valence-electron chi connectivity index (χ1n) is 8.95. The second-order valence-corrected chi connectivity index (χ2v) is 7.56. The molecule has 5 nitrogen and oxygen atoms in total. The summed E-state index contributed by atoms with van der Waals surface area (Å²) in [4.78, 5) is 0. The number of halogens is 1. The maximum Gasteiger partial charge on any atom is 0.161 e. The molecule has 0 aliphatic carbocycles. The second-order valence-electron chi connectivity index (χ2n) is 6.40. The van der Waals surface area contributed by atoms with E-state index in [-0.39, 0.29) is 0 Å². The Morgan fingerprint density at radius 1 is 1.04 bits per heavy atom. The van der Waals surface area contributed by atoms with Crippen LogP contribution in [0.2, 0.25) is 0 Å². The van der Waals surface area contributed by atoms with E-state index in [2.05, 4.69) is 81.9 Å². The predicted octanol–water partition coefficient (Wildman–Crippen LogP) is 4.84. The van der Waals surface area contributed by atoms with E-state index in [9.17, 15) is 0 Å². The minimum Gasteiger partial charge on any atom is -0.493 e. The third-order valence-corrected chi connectivity index (χ3v) is 5.50. The molecule has 0 radical (unpaired) electrons. The van der Waals surface area contributed by atoms with Crippen molar-refractivity contribution in [1.82, 2.24) is 9.99 Å². The SMILES string of the molecule is COc1ccc(CN/N=C/c2cc(C)n(-c3ccccc3I)c2C)cc1OC. The van der Waals surface area contributed by atoms with E-state index in [1.807, 2.05) is 24.4 Å². The van der Waals surface area contributed by atoms with Crippen LogP contribution >= 0.6 is 22.6 Å². The Hall–Kier alpha value is -2.48. The zero-order chi connectivity index (χ0) is 20.1. The number of methoxy groups -OCH3 is 2. The largest absolute Gasteiger partial charge is 0.493 e. The lowest BCUT2D eigenvalue weighted by Crippen LogP contribution is -2.06.